The molecule has 0 unspecified atom stereocenters. The summed E-state index contributed by atoms with van der Waals surface area (Å²) >= 11 is 0. The van der Waals surface area contributed by atoms with Crippen LogP contribution in [0, 0.1) is 0 Å². The highest BCUT2D eigenvalue weighted by molar-refractivity contribution is 5.64. The summed E-state index contributed by atoms with van der Waals surface area (Å²) in [6.07, 6.45) is -7.15. The van der Waals surface area contributed by atoms with Gasteiger partial charge in [0.15, 0.2) is 0 Å². The maximum absolute atomic E-state index is 10.5. The average Bonchev–Trinajstić information content (AvgIpc) is 2.71. The first-order valence-electron chi connectivity index (χ1n) is 8.87. The van der Waals surface area contributed by atoms with E-state index >= 15 is 0 Å². The smallest absolute Gasteiger partial charge is 0.404 e. The summed E-state index contributed by atoms with van der Waals surface area (Å²) in [7, 11) is 0. The van der Waals surface area contributed by atoms with Crippen LogP contribution in [-0.2, 0) is 17.9 Å². The zero-order valence-corrected chi connectivity index (χ0v) is 16.1. The molecular weight excluding hydrogens is 388 g/mol. The average molecular weight is 418 g/mol. The largest absolute Gasteiger partial charge is 0.483 e. The molecule has 0 bridgehead atoms. The van der Waals surface area contributed by atoms with Crippen LogP contribution in [0.15, 0.2) is 24.3 Å². The van der Waals surface area contributed by atoms with Crippen LogP contribution >= 0.6 is 0 Å². The lowest BCUT2D eigenvalue weighted by atomic mass is 10.0. The van der Waals surface area contributed by atoms with Gasteiger partial charge in [-0.1, -0.05) is 31.2 Å². The van der Waals surface area contributed by atoms with Crippen LogP contribution in [0.3, 0.4) is 0 Å². The first kappa shape index (κ1) is 26.7. The fourth-order valence-corrected chi connectivity index (χ4v) is 2.44. The van der Waals surface area contributed by atoms with Gasteiger partial charge < -0.3 is 41.1 Å². The summed E-state index contributed by atoms with van der Waals surface area (Å²) in [4.78, 5) is 20.7. The van der Waals surface area contributed by atoms with E-state index in [1.54, 1.807) is 12.1 Å². The number of amides is 1. The molecule has 0 aliphatic rings. The van der Waals surface area contributed by atoms with Crippen molar-refractivity contribution >= 4 is 12.6 Å². The summed E-state index contributed by atoms with van der Waals surface area (Å²) < 4.78 is 0. The van der Waals surface area contributed by atoms with Gasteiger partial charge in [0.2, 0.25) is 0 Å². The third-order valence-electron chi connectivity index (χ3n) is 4.09. The molecular formula is C18H30N2O9. The number of aliphatic hydroxyl groups is 5. The predicted octanol–water partition coefficient (Wildman–Crippen LogP) is -1.59. The van der Waals surface area contributed by atoms with Gasteiger partial charge in [-0.25, -0.2) is 4.79 Å². The van der Waals surface area contributed by atoms with Crippen LogP contribution in [0.4, 0.5) is 4.79 Å². The number of hydrogen-bond acceptors (Lipinski definition) is 8. The van der Waals surface area contributed by atoms with Crippen molar-refractivity contribution in [3.63, 3.8) is 0 Å². The number of aliphatic hydroxyl groups excluding tert-OH is 5. The molecule has 166 valence electrons. The molecule has 11 nitrogen and oxygen atoms in total. The molecule has 0 aliphatic carbocycles. The van der Waals surface area contributed by atoms with Crippen molar-refractivity contribution in [2.24, 2.45) is 0 Å². The molecule has 0 radical (unpaired) electrons. The Labute approximate surface area is 168 Å². The highest BCUT2D eigenvalue weighted by Gasteiger charge is 2.30. The minimum atomic E-state index is -1.64. The van der Waals surface area contributed by atoms with Crippen molar-refractivity contribution in [1.29, 1.82) is 0 Å². The quantitative estimate of drug-likeness (QED) is 0.194. The summed E-state index contributed by atoms with van der Waals surface area (Å²) in [6, 6.07) is 7.28. The first-order valence-corrected chi connectivity index (χ1v) is 8.87. The second-order valence-corrected chi connectivity index (χ2v) is 6.21. The highest BCUT2D eigenvalue weighted by Crippen LogP contribution is 2.11. The van der Waals surface area contributed by atoms with E-state index in [4.69, 9.17) is 20.1 Å². The van der Waals surface area contributed by atoms with E-state index in [0.29, 0.717) is 13.1 Å². The van der Waals surface area contributed by atoms with E-state index in [1.165, 1.54) is 0 Å². The Morgan fingerprint density at radius 1 is 1.07 bits per heavy atom. The van der Waals surface area contributed by atoms with Crippen LogP contribution in [-0.4, -0.2) is 97.3 Å². The summed E-state index contributed by atoms with van der Waals surface area (Å²) in [6.45, 7) is 2.24. The van der Waals surface area contributed by atoms with Crippen LogP contribution in [0.1, 0.15) is 18.1 Å². The molecule has 1 aromatic rings. The minimum Gasteiger partial charge on any atom is -0.483 e. The fourth-order valence-electron chi connectivity index (χ4n) is 2.44. The Bertz CT molecular complexity index is 585. The first-order chi connectivity index (χ1) is 13.7. The van der Waals surface area contributed by atoms with Crippen molar-refractivity contribution in [3.8, 4) is 0 Å². The second-order valence-electron chi connectivity index (χ2n) is 6.21. The SMILES string of the molecule is CCN(Cc1ccc(CNC(=O)O)cc1)C[C@H](O)[C@@H](O)[C@H](O)[C@H](O)CO.O=CO. The third-order valence-corrected chi connectivity index (χ3v) is 4.09. The van der Waals surface area contributed by atoms with Crippen LogP contribution in [0.5, 0.6) is 0 Å². The molecule has 1 aromatic carbocycles. The lowest BCUT2D eigenvalue weighted by Gasteiger charge is -2.29. The topological polar surface area (TPSA) is 191 Å². The van der Waals surface area contributed by atoms with E-state index in [9.17, 15) is 25.2 Å². The number of rotatable bonds is 11. The van der Waals surface area contributed by atoms with Gasteiger partial charge in [0.1, 0.15) is 18.3 Å². The third kappa shape index (κ3) is 10.7. The zero-order valence-electron chi connectivity index (χ0n) is 16.1. The van der Waals surface area contributed by atoms with Gasteiger partial charge in [-0.2, -0.15) is 0 Å². The van der Waals surface area contributed by atoms with Gasteiger partial charge in [-0.05, 0) is 17.7 Å². The Morgan fingerprint density at radius 2 is 1.55 bits per heavy atom. The lowest BCUT2D eigenvalue weighted by Crippen LogP contribution is -2.49. The number of likely N-dealkylation sites (N-methyl/N-ethyl adjacent to an activating group) is 1. The minimum absolute atomic E-state index is 0.0647. The van der Waals surface area contributed by atoms with Crippen LogP contribution in [0.25, 0.3) is 0 Å². The Kier molecular flexibility index (Phi) is 13.5. The molecule has 0 heterocycles. The molecule has 4 atom stereocenters. The molecule has 8 N–H and O–H groups in total. The number of benzene rings is 1. The number of carboxylic acid groups (broad SMARTS) is 2. The van der Waals surface area contributed by atoms with Crippen molar-refractivity contribution < 1.29 is 45.3 Å². The van der Waals surface area contributed by atoms with E-state index in [-0.39, 0.29) is 19.6 Å². The summed E-state index contributed by atoms with van der Waals surface area (Å²) in [5, 5.41) is 65.5. The molecule has 0 aliphatic heterocycles. The lowest BCUT2D eigenvalue weighted by molar-refractivity contribution is -0.122. The standard InChI is InChI=1S/C17H28N2O7.CH2O2/c1-2-19(9-13(21)15(23)16(24)14(22)10-20)8-12-5-3-11(4-6-12)7-18-17(25)26;2-1-3/h3-6,13-16,18,20-24H,2,7-10H2,1H3,(H,25,26);1H,(H,2,3)/t13-,14+,15+,16+;/m0./s1. The van der Waals surface area contributed by atoms with E-state index in [2.05, 4.69) is 5.32 Å². The predicted molar refractivity (Wildman–Crippen MR) is 102 cm³/mol. The molecule has 0 aromatic heterocycles. The molecule has 0 spiro atoms. The number of nitrogens with zero attached hydrogens (tertiary/aromatic N) is 1. The maximum Gasteiger partial charge on any atom is 0.404 e. The van der Waals surface area contributed by atoms with Crippen molar-refractivity contribution in [2.45, 2.75) is 44.4 Å². The number of hydrogen-bond donors (Lipinski definition) is 8. The molecule has 0 saturated heterocycles. The fraction of sp³-hybridized carbons (Fsp3) is 0.556. The van der Waals surface area contributed by atoms with E-state index in [1.807, 2.05) is 24.0 Å². The van der Waals surface area contributed by atoms with Crippen molar-refractivity contribution in [1.82, 2.24) is 10.2 Å². The Morgan fingerprint density at radius 3 is 2.00 bits per heavy atom. The summed E-state index contributed by atoms with van der Waals surface area (Å²) in [5.41, 5.74) is 1.75. The van der Waals surface area contributed by atoms with E-state index in [0.717, 1.165) is 11.1 Å². The summed E-state index contributed by atoms with van der Waals surface area (Å²) in [5.74, 6) is 0. The second kappa shape index (κ2) is 14.7. The molecule has 1 amide bonds. The molecule has 1 rings (SSSR count). The number of nitrogens with one attached hydrogen (secondary N) is 1. The van der Waals surface area contributed by atoms with Crippen molar-refractivity contribution in [3.05, 3.63) is 35.4 Å². The van der Waals surface area contributed by atoms with Crippen molar-refractivity contribution in [2.75, 3.05) is 19.7 Å². The molecule has 0 fully saturated rings. The number of carbonyl (C=O) groups is 2. The molecule has 11 heteroatoms. The Balaban J connectivity index is 0.00000245. The van der Waals surface area contributed by atoms with Gasteiger partial charge in [-0.3, -0.25) is 9.69 Å². The van der Waals surface area contributed by atoms with Gasteiger partial charge >= 0.3 is 6.09 Å². The normalized spacial score (nSPS) is 14.9. The monoisotopic (exact) mass is 418 g/mol. The maximum atomic E-state index is 10.5. The van der Waals surface area contributed by atoms with Gasteiger partial charge in [0.25, 0.3) is 6.47 Å². The van der Waals surface area contributed by atoms with Gasteiger partial charge in [0, 0.05) is 19.6 Å². The van der Waals surface area contributed by atoms with Gasteiger partial charge in [-0.15, -0.1) is 0 Å². The van der Waals surface area contributed by atoms with E-state index < -0.39 is 37.1 Å². The molecule has 29 heavy (non-hydrogen) atoms. The van der Waals surface area contributed by atoms with Gasteiger partial charge in [0.05, 0.1) is 12.7 Å². The highest BCUT2D eigenvalue weighted by atomic mass is 16.4. The zero-order chi connectivity index (χ0) is 22.4. The molecule has 0 saturated carbocycles. The van der Waals surface area contributed by atoms with Crippen LogP contribution < -0.4 is 5.32 Å². The van der Waals surface area contributed by atoms with Crippen LogP contribution in [0.2, 0.25) is 0 Å². The Hall–Kier alpha value is -2.28.